The molecule has 5 rings (SSSR count). The Hall–Kier alpha value is -2.09. The molecule has 0 radical (unpaired) electrons. The second-order valence-electron chi connectivity index (χ2n) is 11.7. The van der Waals surface area contributed by atoms with Crippen molar-refractivity contribution >= 4 is 29.1 Å². The third-order valence-corrected chi connectivity index (χ3v) is 10.3. The number of nitrogens with zero attached hydrogens (tertiary/aromatic N) is 2. The molecular formula is C27H33ClF3N3O2. The second kappa shape index (κ2) is 8.74. The zero-order chi connectivity index (χ0) is 26.0. The number of fused-ring (bicyclic) bond motifs is 5. The van der Waals surface area contributed by atoms with Gasteiger partial charge < -0.3 is 10.2 Å². The number of carbonyl (C=O) groups excluding carboxylic acids is 2. The molecule has 1 N–H and O–H groups in total. The van der Waals surface area contributed by atoms with E-state index in [2.05, 4.69) is 24.1 Å². The molecule has 5 nitrogen and oxygen atoms in total. The van der Waals surface area contributed by atoms with Crippen LogP contribution in [0.5, 0.6) is 0 Å². The molecule has 6 atom stereocenters. The first-order valence-electron chi connectivity index (χ1n) is 12.8. The highest BCUT2D eigenvalue weighted by molar-refractivity contribution is 6.30. The number of anilines is 1. The number of nitrogens with one attached hydrogen (secondary N) is 1. The number of likely N-dealkylation sites (tertiary alicyclic amines) is 1. The van der Waals surface area contributed by atoms with Crippen molar-refractivity contribution in [3.05, 3.63) is 34.8 Å². The van der Waals surface area contributed by atoms with Crippen LogP contribution >= 0.6 is 11.6 Å². The zero-order valence-electron chi connectivity index (χ0n) is 20.9. The Morgan fingerprint density at radius 2 is 1.94 bits per heavy atom. The summed E-state index contributed by atoms with van der Waals surface area (Å²) in [7, 11) is 1.85. The van der Waals surface area contributed by atoms with Gasteiger partial charge in [0.1, 0.15) is 5.69 Å². The maximum Gasteiger partial charge on any atom is 0.433 e. The van der Waals surface area contributed by atoms with E-state index in [0.717, 1.165) is 61.5 Å². The minimum atomic E-state index is -4.51. The molecule has 4 aliphatic rings. The van der Waals surface area contributed by atoms with E-state index in [1.807, 2.05) is 7.05 Å². The summed E-state index contributed by atoms with van der Waals surface area (Å²) in [5, 5.41) is 3.56. The zero-order valence-corrected chi connectivity index (χ0v) is 21.7. The van der Waals surface area contributed by atoms with Gasteiger partial charge in [-0.25, -0.2) is 4.98 Å². The molecule has 2 amide bonds. The highest BCUT2D eigenvalue weighted by atomic mass is 35.5. The molecule has 9 heteroatoms. The summed E-state index contributed by atoms with van der Waals surface area (Å²) in [6.07, 6.45) is 3.13. The predicted octanol–water partition coefficient (Wildman–Crippen LogP) is 6.60. The van der Waals surface area contributed by atoms with E-state index in [-0.39, 0.29) is 34.2 Å². The minimum absolute atomic E-state index is 0.0122. The van der Waals surface area contributed by atoms with E-state index >= 15 is 0 Å². The van der Waals surface area contributed by atoms with Crippen molar-refractivity contribution in [1.29, 1.82) is 0 Å². The van der Waals surface area contributed by atoms with Gasteiger partial charge in [0.2, 0.25) is 11.8 Å². The molecule has 3 aliphatic carbocycles. The maximum absolute atomic E-state index is 12.9. The van der Waals surface area contributed by atoms with E-state index in [0.29, 0.717) is 30.6 Å². The molecule has 0 spiro atoms. The van der Waals surface area contributed by atoms with Gasteiger partial charge in [-0.15, -0.1) is 0 Å². The Bertz CT molecular complexity index is 1100. The van der Waals surface area contributed by atoms with Gasteiger partial charge in [-0.1, -0.05) is 25.4 Å². The number of hydrogen-bond donors (Lipinski definition) is 1. The van der Waals surface area contributed by atoms with Crippen LogP contribution in [0.1, 0.15) is 70.9 Å². The Morgan fingerprint density at radius 1 is 1.19 bits per heavy atom. The number of allylic oxidation sites excluding steroid dienone is 2. The highest BCUT2D eigenvalue weighted by Crippen LogP contribution is 2.67. The first kappa shape index (κ1) is 25.6. The van der Waals surface area contributed by atoms with Crippen LogP contribution in [0.2, 0.25) is 0 Å². The molecule has 1 aliphatic heterocycles. The fourth-order valence-corrected chi connectivity index (χ4v) is 8.72. The lowest BCUT2D eigenvalue weighted by Gasteiger charge is -2.59. The first-order chi connectivity index (χ1) is 16.8. The smallest absolute Gasteiger partial charge is 0.325 e. The molecular weight excluding hydrogens is 491 g/mol. The summed E-state index contributed by atoms with van der Waals surface area (Å²) in [5.74, 6) is 1.51. The summed E-state index contributed by atoms with van der Waals surface area (Å²) < 4.78 is 38.3. The Morgan fingerprint density at radius 3 is 2.61 bits per heavy atom. The summed E-state index contributed by atoms with van der Waals surface area (Å²) in [6, 6.07) is 2.13. The van der Waals surface area contributed by atoms with Crippen molar-refractivity contribution in [2.75, 3.05) is 12.4 Å². The van der Waals surface area contributed by atoms with Crippen LogP contribution in [0.3, 0.4) is 0 Å². The largest absolute Gasteiger partial charge is 0.433 e. The van der Waals surface area contributed by atoms with E-state index in [9.17, 15) is 22.8 Å². The van der Waals surface area contributed by atoms with Crippen molar-refractivity contribution < 1.29 is 22.8 Å². The Kier molecular flexibility index (Phi) is 6.21. The third kappa shape index (κ3) is 4.04. The van der Waals surface area contributed by atoms with Gasteiger partial charge in [0.15, 0.2) is 0 Å². The van der Waals surface area contributed by atoms with Gasteiger partial charge in [-0.3, -0.25) is 9.59 Å². The van der Waals surface area contributed by atoms with E-state index in [1.165, 1.54) is 6.07 Å². The number of aromatic nitrogens is 1. The van der Waals surface area contributed by atoms with Crippen LogP contribution < -0.4 is 5.32 Å². The van der Waals surface area contributed by atoms with Crippen LogP contribution in [-0.2, 0) is 15.8 Å². The Labute approximate surface area is 214 Å². The molecule has 1 aromatic rings. The average molecular weight is 524 g/mol. The number of hydrogen-bond acceptors (Lipinski definition) is 3. The van der Waals surface area contributed by atoms with Gasteiger partial charge in [-0.05, 0) is 79.7 Å². The Balaban J connectivity index is 1.30. The van der Waals surface area contributed by atoms with Gasteiger partial charge in [0.05, 0.1) is 11.9 Å². The summed E-state index contributed by atoms with van der Waals surface area (Å²) >= 11 is 6.89. The molecule has 2 unspecified atom stereocenters. The number of carbonyl (C=O) groups is 2. The van der Waals surface area contributed by atoms with Crippen molar-refractivity contribution in [2.45, 2.75) is 71.4 Å². The SMILES string of the molecule is CN1C(=O)CC[C@@]2(C)C1=C(Cl)CC1C2CC[C@]2(C)[C@@H](CC(=O)Nc3ccc(C(F)(F)F)nc3)CC[C@@H]12. The lowest BCUT2D eigenvalue weighted by molar-refractivity contribution is -0.141. The molecule has 196 valence electrons. The topological polar surface area (TPSA) is 62.3 Å². The molecule has 2 heterocycles. The van der Waals surface area contributed by atoms with E-state index in [1.54, 1.807) is 4.90 Å². The first-order valence-corrected chi connectivity index (χ1v) is 13.2. The van der Waals surface area contributed by atoms with Crippen molar-refractivity contribution in [3.8, 4) is 0 Å². The highest BCUT2D eigenvalue weighted by Gasteiger charge is 2.60. The van der Waals surface area contributed by atoms with Crippen molar-refractivity contribution in [2.24, 2.45) is 34.5 Å². The summed E-state index contributed by atoms with van der Waals surface area (Å²) in [6.45, 7) is 4.59. The molecule has 0 aromatic carbocycles. The van der Waals surface area contributed by atoms with Gasteiger partial charge >= 0.3 is 6.18 Å². The fraction of sp³-hybridized carbons (Fsp3) is 0.667. The summed E-state index contributed by atoms with van der Waals surface area (Å²) in [4.78, 5) is 30.5. The second-order valence-corrected chi connectivity index (χ2v) is 12.2. The molecule has 1 aromatic heterocycles. The van der Waals surface area contributed by atoms with Crippen LogP contribution in [-0.4, -0.2) is 28.7 Å². The van der Waals surface area contributed by atoms with Crippen LogP contribution in [0.4, 0.5) is 18.9 Å². The molecule has 0 bridgehead atoms. The number of rotatable bonds is 3. The average Bonchev–Trinajstić information content (AvgIpc) is 3.12. The van der Waals surface area contributed by atoms with Crippen molar-refractivity contribution in [1.82, 2.24) is 9.88 Å². The van der Waals surface area contributed by atoms with Crippen LogP contribution in [0, 0.1) is 34.5 Å². The lowest BCUT2D eigenvalue weighted by Crippen LogP contribution is -2.54. The van der Waals surface area contributed by atoms with Gasteiger partial charge in [0.25, 0.3) is 0 Å². The normalized spacial score (nSPS) is 36.3. The number of alkyl halides is 3. The standard InChI is InChI=1S/C27H33ClF3N3O2/c1-25-10-8-19-17(13-20(28)24-26(19,2)11-9-23(36)34(24)3)18(25)6-4-15(25)12-22(35)33-16-5-7-21(32-14-16)27(29,30)31/h5,7,14-15,17-19H,4,6,8-13H2,1-3H3,(H,33,35)/t15-,17?,18+,19?,25-,26-/m1/s1. The number of pyridine rings is 1. The number of piperidine rings is 1. The predicted molar refractivity (Wildman–Crippen MR) is 131 cm³/mol. The molecule has 3 fully saturated rings. The van der Waals surface area contributed by atoms with Crippen molar-refractivity contribution in [3.63, 3.8) is 0 Å². The molecule has 36 heavy (non-hydrogen) atoms. The summed E-state index contributed by atoms with van der Waals surface area (Å²) in [5.41, 5.74) is 0.225. The van der Waals surface area contributed by atoms with E-state index in [4.69, 9.17) is 11.6 Å². The molecule has 2 saturated carbocycles. The fourth-order valence-electron chi connectivity index (χ4n) is 8.20. The minimum Gasteiger partial charge on any atom is -0.325 e. The number of amides is 2. The monoisotopic (exact) mass is 523 g/mol. The van der Waals surface area contributed by atoms with Gasteiger partial charge in [0, 0.05) is 36.0 Å². The van der Waals surface area contributed by atoms with Crippen LogP contribution in [0.25, 0.3) is 0 Å². The maximum atomic E-state index is 12.9. The third-order valence-electron chi connectivity index (χ3n) is 10.0. The van der Waals surface area contributed by atoms with Crippen LogP contribution in [0.15, 0.2) is 29.1 Å². The number of halogens is 4. The lowest BCUT2D eigenvalue weighted by atomic mass is 9.49. The molecule has 1 saturated heterocycles. The van der Waals surface area contributed by atoms with E-state index < -0.39 is 11.9 Å². The quantitative estimate of drug-likeness (QED) is 0.485. The van der Waals surface area contributed by atoms with Gasteiger partial charge in [-0.2, -0.15) is 13.2 Å².